The molecule has 0 radical (unpaired) electrons. The molecule has 5 nitrogen and oxygen atoms in total. The third-order valence-electron chi connectivity index (χ3n) is 5.97. The van der Waals surface area contributed by atoms with E-state index in [2.05, 4.69) is 6.92 Å². The maximum absolute atomic E-state index is 13.5. The van der Waals surface area contributed by atoms with Crippen LogP contribution in [-0.2, 0) is 17.8 Å². The predicted octanol–water partition coefficient (Wildman–Crippen LogP) is 5.87. The molecule has 180 valence electrons. The van der Waals surface area contributed by atoms with Crippen LogP contribution in [0, 0.1) is 0 Å². The Kier molecular flexibility index (Phi) is 7.41. The van der Waals surface area contributed by atoms with Gasteiger partial charge in [-0.05, 0) is 62.6 Å². The van der Waals surface area contributed by atoms with Crippen molar-refractivity contribution in [1.29, 1.82) is 0 Å². The molecule has 0 aliphatic heterocycles. The second-order valence-electron chi connectivity index (χ2n) is 9.50. The summed E-state index contributed by atoms with van der Waals surface area (Å²) in [6, 6.07) is 25.3. The molecule has 0 aliphatic carbocycles. The fourth-order valence-electron chi connectivity index (χ4n) is 3.99. The van der Waals surface area contributed by atoms with Crippen LogP contribution in [-0.4, -0.2) is 31.6 Å². The second-order valence-corrected chi connectivity index (χ2v) is 10.4. The fourth-order valence-corrected chi connectivity index (χ4v) is 4.88. The quantitative estimate of drug-likeness (QED) is 0.243. The number of amides is 1. The van der Waals surface area contributed by atoms with Gasteiger partial charge in [-0.2, -0.15) is 0 Å². The Balaban J connectivity index is 1.68. The lowest BCUT2D eigenvalue weighted by Crippen LogP contribution is -2.46. The average Bonchev–Trinajstić information content (AvgIpc) is 2.86. The van der Waals surface area contributed by atoms with Gasteiger partial charge in [0.2, 0.25) is 5.91 Å². The predicted molar refractivity (Wildman–Crippen MR) is 144 cm³/mol. The number of thioether (sulfide) groups is 1. The Labute approximate surface area is 210 Å². The first-order valence-electron chi connectivity index (χ1n) is 11.9. The molecule has 0 saturated heterocycles. The van der Waals surface area contributed by atoms with Crippen molar-refractivity contribution in [2.45, 2.75) is 51.4 Å². The maximum Gasteiger partial charge on any atom is 0.266 e. The second kappa shape index (κ2) is 10.5. The monoisotopic (exact) mass is 485 g/mol. The molecule has 0 spiro atoms. The van der Waals surface area contributed by atoms with Crippen LogP contribution in [0.4, 0.5) is 0 Å². The lowest BCUT2D eigenvalue weighted by molar-refractivity contribution is -0.133. The molecular weight excluding hydrogens is 454 g/mol. The highest BCUT2D eigenvalue weighted by Gasteiger charge is 2.27. The highest BCUT2D eigenvalue weighted by molar-refractivity contribution is 7.99. The van der Waals surface area contributed by atoms with Gasteiger partial charge in [-0.25, -0.2) is 4.98 Å². The Morgan fingerprint density at radius 1 is 0.914 bits per heavy atom. The van der Waals surface area contributed by atoms with Crippen molar-refractivity contribution >= 4 is 28.6 Å². The molecule has 0 N–H and O–H groups in total. The maximum atomic E-state index is 13.5. The number of fused-ring (bicyclic) bond motifs is 1. The van der Waals surface area contributed by atoms with Crippen LogP contribution in [0.25, 0.3) is 16.6 Å². The molecule has 4 rings (SSSR count). The van der Waals surface area contributed by atoms with Crippen molar-refractivity contribution in [2.24, 2.45) is 0 Å². The van der Waals surface area contributed by atoms with Gasteiger partial charge in [-0.3, -0.25) is 14.2 Å². The van der Waals surface area contributed by atoms with Crippen molar-refractivity contribution in [3.63, 3.8) is 0 Å². The van der Waals surface area contributed by atoms with Gasteiger partial charge in [0.15, 0.2) is 5.16 Å². The minimum atomic E-state index is -0.347. The number of rotatable bonds is 7. The topological polar surface area (TPSA) is 55.2 Å². The molecule has 1 heterocycles. The molecule has 4 aromatic rings. The average molecular weight is 486 g/mol. The summed E-state index contributed by atoms with van der Waals surface area (Å²) in [4.78, 5) is 33.6. The molecule has 1 amide bonds. The van der Waals surface area contributed by atoms with Crippen molar-refractivity contribution < 1.29 is 4.79 Å². The number of benzene rings is 3. The van der Waals surface area contributed by atoms with Crippen molar-refractivity contribution in [1.82, 2.24) is 14.5 Å². The molecule has 1 aromatic heterocycles. The van der Waals surface area contributed by atoms with Gasteiger partial charge in [-0.1, -0.05) is 73.3 Å². The summed E-state index contributed by atoms with van der Waals surface area (Å²) >= 11 is 1.30. The summed E-state index contributed by atoms with van der Waals surface area (Å²) in [6.45, 7) is 8.75. The van der Waals surface area contributed by atoms with E-state index in [1.807, 2.05) is 98.5 Å². The number of hydrogen-bond donors (Lipinski definition) is 0. The van der Waals surface area contributed by atoms with Crippen molar-refractivity contribution in [3.8, 4) is 5.69 Å². The zero-order valence-corrected chi connectivity index (χ0v) is 21.5. The van der Waals surface area contributed by atoms with Crippen LogP contribution in [0.2, 0.25) is 0 Å². The van der Waals surface area contributed by atoms with E-state index >= 15 is 0 Å². The number of para-hydroxylation sites is 1. The van der Waals surface area contributed by atoms with E-state index in [1.54, 1.807) is 10.6 Å². The summed E-state index contributed by atoms with van der Waals surface area (Å²) in [6.07, 6.45) is 0.922. The minimum Gasteiger partial charge on any atom is -0.333 e. The van der Waals surface area contributed by atoms with Gasteiger partial charge >= 0.3 is 0 Å². The van der Waals surface area contributed by atoms with Gasteiger partial charge in [0, 0.05) is 12.1 Å². The number of aromatic nitrogens is 2. The van der Waals surface area contributed by atoms with Gasteiger partial charge in [0.1, 0.15) is 0 Å². The first-order valence-corrected chi connectivity index (χ1v) is 12.8. The van der Waals surface area contributed by atoms with Crippen LogP contribution in [0.15, 0.2) is 88.8 Å². The van der Waals surface area contributed by atoms with Crippen LogP contribution >= 0.6 is 11.8 Å². The van der Waals surface area contributed by atoms with E-state index in [0.29, 0.717) is 22.6 Å². The molecule has 35 heavy (non-hydrogen) atoms. The molecule has 0 fully saturated rings. The van der Waals surface area contributed by atoms with E-state index in [0.717, 1.165) is 17.7 Å². The van der Waals surface area contributed by atoms with Crippen LogP contribution in [0.5, 0.6) is 0 Å². The first kappa shape index (κ1) is 24.7. The number of nitrogens with zero attached hydrogens (tertiary/aromatic N) is 3. The van der Waals surface area contributed by atoms with Crippen LogP contribution in [0.1, 0.15) is 38.8 Å². The fraction of sp³-hybridized carbons (Fsp3) is 0.276. The highest BCUT2D eigenvalue weighted by Crippen LogP contribution is 2.25. The molecule has 0 aliphatic rings. The molecule has 0 saturated carbocycles. The number of hydrogen-bond acceptors (Lipinski definition) is 4. The van der Waals surface area contributed by atoms with E-state index < -0.39 is 0 Å². The zero-order valence-electron chi connectivity index (χ0n) is 20.7. The first-order chi connectivity index (χ1) is 16.8. The molecule has 0 bridgehead atoms. The summed E-state index contributed by atoms with van der Waals surface area (Å²) in [5.41, 5.74) is 3.18. The third kappa shape index (κ3) is 5.65. The van der Waals surface area contributed by atoms with Gasteiger partial charge in [-0.15, -0.1) is 0 Å². The van der Waals surface area contributed by atoms with Crippen LogP contribution in [0.3, 0.4) is 0 Å². The molecular formula is C29H31N3O2S. The van der Waals surface area contributed by atoms with E-state index in [4.69, 9.17) is 4.98 Å². The Morgan fingerprint density at radius 2 is 1.57 bits per heavy atom. The highest BCUT2D eigenvalue weighted by atomic mass is 32.2. The van der Waals surface area contributed by atoms with Gasteiger partial charge < -0.3 is 4.90 Å². The van der Waals surface area contributed by atoms with Crippen molar-refractivity contribution in [2.75, 3.05) is 5.75 Å². The summed E-state index contributed by atoms with van der Waals surface area (Å²) < 4.78 is 1.62. The molecule has 3 aromatic carbocycles. The number of carbonyl (C=O) groups excluding carboxylic acids is 1. The summed E-state index contributed by atoms with van der Waals surface area (Å²) in [7, 11) is 0. The van der Waals surface area contributed by atoms with Crippen LogP contribution < -0.4 is 5.56 Å². The molecule has 0 atom stereocenters. The van der Waals surface area contributed by atoms with Gasteiger partial charge in [0.05, 0.1) is 22.3 Å². The Hall–Kier alpha value is -3.38. The smallest absolute Gasteiger partial charge is 0.266 e. The number of aryl methyl sites for hydroxylation is 1. The van der Waals surface area contributed by atoms with E-state index in [1.165, 1.54) is 17.3 Å². The SMILES string of the molecule is CCc1ccc(-n2c(SCC(=O)N(Cc3ccccc3)C(C)(C)C)nc3ccccc3c2=O)cc1. The normalized spacial score (nSPS) is 11.5. The van der Waals surface area contributed by atoms with Gasteiger partial charge in [0.25, 0.3) is 5.56 Å². The molecule has 6 heteroatoms. The van der Waals surface area contributed by atoms with E-state index in [9.17, 15) is 9.59 Å². The largest absolute Gasteiger partial charge is 0.333 e. The van der Waals surface area contributed by atoms with Crippen molar-refractivity contribution in [3.05, 3.63) is 100 Å². The Bertz CT molecular complexity index is 1370. The summed E-state index contributed by atoms with van der Waals surface area (Å²) in [5.74, 6) is 0.184. The van der Waals surface area contributed by atoms with E-state index in [-0.39, 0.29) is 22.8 Å². The number of carbonyl (C=O) groups is 1. The lowest BCUT2D eigenvalue weighted by atomic mass is 10.0. The standard InChI is InChI=1S/C29H31N3O2S/c1-5-21-15-17-23(18-16-21)32-27(34)24-13-9-10-14-25(24)30-28(32)35-20-26(33)31(29(2,3)4)19-22-11-7-6-8-12-22/h6-18H,5,19-20H2,1-4H3. The molecule has 0 unspecified atom stereocenters. The zero-order chi connectivity index (χ0) is 25.0. The third-order valence-corrected chi connectivity index (χ3v) is 6.89. The minimum absolute atomic E-state index is 0.00152. The lowest BCUT2D eigenvalue weighted by Gasteiger charge is -2.36. The summed E-state index contributed by atoms with van der Waals surface area (Å²) in [5, 5.41) is 1.07. The Morgan fingerprint density at radius 3 is 2.23 bits per heavy atom.